The number of hydrogen-bond donors (Lipinski definition) is 1. The summed E-state index contributed by atoms with van der Waals surface area (Å²) >= 11 is 3.21. The molecule has 20 heavy (non-hydrogen) atoms. The van der Waals surface area contributed by atoms with E-state index in [1.807, 2.05) is 6.07 Å². The first kappa shape index (κ1) is 14.2. The van der Waals surface area contributed by atoms with Crippen molar-refractivity contribution >= 4 is 27.3 Å². The van der Waals surface area contributed by atoms with Gasteiger partial charge in [-0.2, -0.15) is 10.4 Å². The van der Waals surface area contributed by atoms with Crippen LogP contribution in [0.3, 0.4) is 0 Å². The van der Waals surface area contributed by atoms with Crippen molar-refractivity contribution in [2.45, 2.75) is 6.92 Å². The maximum Gasteiger partial charge on any atom is 0.133 e. The Morgan fingerprint density at radius 1 is 1.30 bits per heavy atom. The van der Waals surface area contributed by atoms with Gasteiger partial charge in [-0.15, -0.1) is 0 Å². The minimum Gasteiger partial charge on any atom is -0.278 e. The first-order chi connectivity index (χ1) is 9.60. The SMILES string of the molecule is C/C(=N\Nc1cccc(C#N)c1)c1ccc(Br)cc1F. The number of halogens is 2. The summed E-state index contributed by atoms with van der Waals surface area (Å²) in [5, 5.41) is 12.9. The van der Waals surface area contributed by atoms with Crippen molar-refractivity contribution in [2.75, 3.05) is 5.43 Å². The van der Waals surface area contributed by atoms with E-state index < -0.39 is 0 Å². The zero-order valence-corrected chi connectivity index (χ0v) is 12.3. The van der Waals surface area contributed by atoms with Gasteiger partial charge < -0.3 is 0 Å². The Kier molecular flexibility index (Phi) is 4.49. The number of nitriles is 1. The number of nitrogens with zero attached hydrogens (tertiary/aromatic N) is 2. The largest absolute Gasteiger partial charge is 0.278 e. The summed E-state index contributed by atoms with van der Waals surface area (Å²) in [6.07, 6.45) is 0. The smallest absolute Gasteiger partial charge is 0.133 e. The molecule has 0 fully saturated rings. The molecule has 0 saturated carbocycles. The molecule has 2 rings (SSSR count). The molecule has 0 amide bonds. The molecule has 100 valence electrons. The van der Waals surface area contributed by atoms with Gasteiger partial charge in [-0.25, -0.2) is 4.39 Å². The van der Waals surface area contributed by atoms with Crippen LogP contribution in [-0.4, -0.2) is 5.71 Å². The van der Waals surface area contributed by atoms with Crippen molar-refractivity contribution < 1.29 is 4.39 Å². The average Bonchev–Trinajstić information content (AvgIpc) is 2.45. The van der Waals surface area contributed by atoms with Crippen LogP contribution in [-0.2, 0) is 0 Å². The van der Waals surface area contributed by atoms with Gasteiger partial charge in [-0.1, -0.05) is 22.0 Å². The molecule has 0 saturated heterocycles. The standard InChI is InChI=1S/C15H11BrFN3/c1-10(14-6-5-12(16)8-15(14)17)19-20-13-4-2-3-11(7-13)9-18/h2-8,20H,1H3/b19-10+. The molecule has 0 aromatic heterocycles. The van der Waals surface area contributed by atoms with Crippen molar-refractivity contribution in [2.24, 2.45) is 5.10 Å². The molecule has 0 spiro atoms. The molecule has 0 aliphatic carbocycles. The van der Waals surface area contributed by atoms with Gasteiger partial charge in [0.05, 0.1) is 23.0 Å². The fourth-order valence-electron chi connectivity index (χ4n) is 1.65. The number of benzene rings is 2. The predicted molar refractivity (Wildman–Crippen MR) is 81.1 cm³/mol. The van der Waals surface area contributed by atoms with Gasteiger partial charge in [-0.05, 0) is 43.3 Å². The van der Waals surface area contributed by atoms with Crippen LogP contribution in [0.2, 0.25) is 0 Å². The Morgan fingerprint density at radius 2 is 2.10 bits per heavy atom. The Balaban J connectivity index is 2.20. The van der Waals surface area contributed by atoms with Crippen molar-refractivity contribution in [3.8, 4) is 6.07 Å². The topological polar surface area (TPSA) is 48.2 Å². The maximum absolute atomic E-state index is 13.8. The zero-order chi connectivity index (χ0) is 14.5. The highest BCUT2D eigenvalue weighted by Crippen LogP contribution is 2.16. The van der Waals surface area contributed by atoms with Crippen molar-refractivity contribution in [1.82, 2.24) is 0 Å². The Morgan fingerprint density at radius 3 is 2.80 bits per heavy atom. The number of nitrogens with one attached hydrogen (secondary N) is 1. The average molecular weight is 332 g/mol. The van der Waals surface area contributed by atoms with Crippen molar-refractivity contribution in [3.05, 3.63) is 63.9 Å². The van der Waals surface area contributed by atoms with E-state index in [9.17, 15) is 4.39 Å². The molecule has 0 atom stereocenters. The fraction of sp³-hybridized carbons (Fsp3) is 0.0667. The quantitative estimate of drug-likeness (QED) is 0.673. The number of hydrazone groups is 1. The second-order valence-electron chi connectivity index (χ2n) is 4.13. The summed E-state index contributed by atoms with van der Waals surface area (Å²) in [5.74, 6) is -0.340. The lowest BCUT2D eigenvalue weighted by Crippen LogP contribution is -2.02. The Hall–Kier alpha value is -2.19. The van der Waals surface area contributed by atoms with E-state index in [0.29, 0.717) is 27.0 Å². The third kappa shape index (κ3) is 3.43. The summed E-state index contributed by atoms with van der Waals surface area (Å²) in [6, 6.07) is 13.8. The molecule has 0 heterocycles. The first-order valence-corrected chi connectivity index (χ1v) is 6.65. The fourth-order valence-corrected chi connectivity index (χ4v) is 1.98. The molecule has 2 aromatic carbocycles. The summed E-state index contributed by atoms with van der Waals surface area (Å²) in [5.41, 5.74) is 4.99. The molecule has 0 aliphatic heterocycles. The van der Waals surface area contributed by atoms with Gasteiger partial charge in [0.15, 0.2) is 0 Å². The van der Waals surface area contributed by atoms with Crippen LogP contribution in [0.4, 0.5) is 10.1 Å². The number of hydrogen-bond acceptors (Lipinski definition) is 3. The van der Waals surface area contributed by atoms with Crippen molar-refractivity contribution in [3.63, 3.8) is 0 Å². The summed E-state index contributed by atoms with van der Waals surface area (Å²) in [6.45, 7) is 1.72. The molecule has 0 bridgehead atoms. The van der Waals surface area contributed by atoms with Crippen LogP contribution in [0.15, 0.2) is 52.0 Å². The van der Waals surface area contributed by atoms with E-state index in [-0.39, 0.29) is 5.82 Å². The van der Waals surface area contributed by atoms with E-state index in [1.165, 1.54) is 6.07 Å². The summed E-state index contributed by atoms with van der Waals surface area (Å²) in [7, 11) is 0. The number of anilines is 1. The van der Waals surface area contributed by atoms with Crippen LogP contribution >= 0.6 is 15.9 Å². The predicted octanol–water partition coefficient (Wildman–Crippen LogP) is 4.30. The second kappa shape index (κ2) is 6.31. The summed E-state index contributed by atoms with van der Waals surface area (Å²) in [4.78, 5) is 0. The Bertz CT molecular complexity index is 705. The van der Waals surface area contributed by atoms with Crippen LogP contribution in [0.5, 0.6) is 0 Å². The normalized spacial score (nSPS) is 11.0. The molecule has 2 aromatic rings. The second-order valence-corrected chi connectivity index (χ2v) is 5.04. The molecule has 3 nitrogen and oxygen atoms in total. The van der Waals surface area contributed by atoms with Crippen LogP contribution < -0.4 is 5.43 Å². The third-order valence-electron chi connectivity index (χ3n) is 2.67. The summed E-state index contributed by atoms with van der Waals surface area (Å²) < 4.78 is 14.4. The molecule has 0 radical (unpaired) electrons. The van der Waals surface area contributed by atoms with Crippen molar-refractivity contribution in [1.29, 1.82) is 5.26 Å². The van der Waals surface area contributed by atoms with Gasteiger partial charge in [0.1, 0.15) is 5.82 Å². The molecule has 1 N–H and O–H groups in total. The van der Waals surface area contributed by atoms with Gasteiger partial charge in [-0.3, -0.25) is 5.43 Å². The van der Waals surface area contributed by atoms with E-state index in [4.69, 9.17) is 5.26 Å². The van der Waals surface area contributed by atoms with Crippen LogP contribution in [0, 0.1) is 17.1 Å². The highest BCUT2D eigenvalue weighted by molar-refractivity contribution is 9.10. The molecular formula is C15H11BrFN3. The maximum atomic E-state index is 13.8. The van der Waals surface area contributed by atoms with Gasteiger partial charge in [0, 0.05) is 10.0 Å². The van der Waals surface area contributed by atoms with Crippen LogP contribution in [0.25, 0.3) is 0 Å². The molecular weight excluding hydrogens is 321 g/mol. The first-order valence-electron chi connectivity index (χ1n) is 5.86. The lowest BCUT2D eigenvalue weighted by atomic mass is 10.1. The Labute approximate surface area is 124 Å². The minimum atomic E-state index is -0.340. The third-order valence-corrected chi connectivity index (χ3v) is 3.16. The van der Waals surface area contributed by atoms with E-state index in [1.54, 1.807) is 43.3 Å². The van der Waals surface area contributed by atoms with Gasteiger partial charge >= 0.3 is 0 Å². The van der Waals surface area contributed by atoms with Gasteiger partial charge in [0.25, 0.3) is 0 Å². The van der Waals surface area contributed by atoms with Gasteiger partial charge in [0.2, 0.25) is 0 Å². The monoisotopic (exact) mass is 331 g/mol. The number of rotatable bonds is 3. The van der Waals surface area contributed by atoms with Crippen LogP contribution in [0.1, 0.15) is 18.1 Å². The highest BCUT2D eigenvalue weighted by atomic mass is 79.9. The lowest BCUT2D eigenvalue weighted by Gasteiger charge is -2.05. The highest BCUT2D eigenvalue weighted by Gasteiger charge is 2.05. The molecule has 0 unspecified atom stereocenters. The molecule has 0 aliphatic rings. The van der Waals surface area contributed by atoms with E-state index in [0.717, 1.165) is 0 Å². The molecule has 5 heteroatoms. The zero-order valence-electron chi connectivity index (χ0n) is 10.7. The van der Waals surface area contributed by atoms with E-state index in [2.05, 4.69) is 26.5 Å². The lowest BCUT2D eigenvalue weighted by molar-refractivity contribution is 0.624. The van der Waals surface area contributed by atoms with E-state index >= 15 is 0 Å². The minimum absolute atomic E-state index is 0.340.